The molecule has 0 saturated carbocycles. The molecule has 0 bridgehead atoms. The highest BCUT2D eigenvalue weighted by Gasteiger charge is 2.13. The molecule has 0 fully saturated rings. The van der Waals surface area contributed by atoms with Crippen LogP contribution >= 0.6 is 11.3 Å². The van der Waals surface area contributed by atoms with E-state index >= 15 is 0 Å². The van der Waals surface area contributed by atoms with Crippen LogP contribution in [0.4, 0.5) is 0 Å². The fraction of sp³-hybridized carbons (Fsp3) is 0.154. The predicted molar refractivity (Wildman–Crippen MR) is 75.1 cm³/mol. The molecule has 0 aliphatic rings. The van der Waals surface area contributed by atoms with E-state index in [1.807, 2.05) is 17.5 Å². The van der Waals surface area contributed by atoms with Crippen LogP contribution in [0.15, 0.2) is 34.4 Å². The first-order valence-corrected chi connectivity index (χ1v) is 6.78. The molecule has 0 atom stereocenters. The second kappa shape index (κ2) is 4.61. The Balaban J connectivity index is 2.23. The van der Waals surface area contributed by atoms with Gasteiger partial charge in [0.25, 0.3) is 5.56 Å². The molecule has 6 nitrogen and oxygen atoms in total. The summed E-state index contributed by atoms with van der Waals surface area (Å²) in [5, 5.41) is 15.1. The van der Waals surface area contributed by atoms with Crippen LogP contribution in [-0.2, 0) is 18.3 Å². The Hall–Kier alpha value is -2.41. The van der Waals surface area contributed by atoms with E-state index < -0.39 is 5.97 Å². The van der Waals surface area contributed by atoms with Gasteiger partial charge in [-0.1, -0.05) is 6.07 Å². The van der Waals surface area contributed by atoms with E-state index in [9.17, 15) is 9.59 Å². The zero-order valence-corrected chi connectivity index (χ0v) is 11.4. The molecule has 102 valence electrons. The molecule has 20 heavy (non-hydrogen) atoms. The number of aryl methyl sites for hydroxylation is 1. The highest BCUT2D eigenvalue weighted by molar-refractivity contribution is 7.13. The third-order valence-corrected chi connectivity index (χ3v) is 3.96. The van der Waals surface area contributed by atoms with Crippen LogP contribution in [0.1, 0.15) is 5.69 Å². The number of thiophene rings is 1. The van der Waals surface area contributed by atoms with Crippen molar-refractivity contribution in [2.24, 2.45) is 7.05 Å². The number of aliphatic carboxylic acids is 1. The number of nitrogens with zero attached hydrogens (tertiary/aromatic N) is 3. The van der Waals surface area contributed by atoms with E-state index in [0.717, 1.165) is 4.88 Å². The first kappa shape index (κ1) is 12.6. The fourth-order valence-electron chi connectivity index (χ4n) is 2.09. The lowest BCUT2D eigenvalue weighted by atomic mass is 10.3. The fourth-order valence-corrected chi connectivity index (χ4v) is 2.77. The average Bonchev–Trinajstić information content (AvgIpc) is 3.03. The molecule has 0 spiro atoms. The van der Waals surface area contributed by atoms with Crippen LogP contribution in [-0.4, -0.2) is 25.3 Å². The molecule has 3 aromatic rings. The summed E-state index contributed by atoms with van der Waals surface area (Å²) >= 11 is 1.54. The maximum absolute atomic E-state index is 12.0. The van der Waals surface area contributed by atoms with Crippen molar-refractivity contribution in [2.75, 3.05) is 0 Å². The van der Waals surface area contributed by atoms with Gasteiger partial charge in [0, 0.05) is 24.9 Å². The highest BCUT2D eigenvalue weighted by Crippen LogP contribution is 2.24. The van der Waals surface area contributed by atoms with Gasteiger partial charge in [-0.25, -0.2) is 0 Å². The lowest BCUT2D eigenvalue weighted by molar-refractivity contribution is -0.136. The van der Waals surface area contributed by atoms with Crippen molar-refractivity contribution in [3.05, 3.63) is 45.7 Å². The van der Waals surface area contributed by atoms with Crippen molar-refractivity contribution in [1.29, 1.82) is 0 Å². The predicted octanol–water partition coefficient (Wildman–Crippen LogP) is 1.39. The minimum Gasteiger partial charge on any atom is -0.481 e. The molecule has 0 saturated heterocycles. The Morgan fingerprint density at radius 1 is 1.45 bits per heavy atom. The largest absolute Gasteiger partial charge is 0.481 e. The summed E-state index contributed by atoms with van der Waals surface area (Å²) in [7, 11) is 1.73. The normalized spacial score (nSPS) is 11.1. The summed E-state index contributed by atoms with van der Waals surface area (Å²) in [6.45, 7) is 0. The quantitative estimate of drug-likeness (QED) is 0.790. The second-order valence-electron chi connectivity index (χ2n) is 4.38. The van der Waals surface area contributed by atoms with Gasteiger partial charge in [-0.15, -0.1) is 11.3 Å². The zero-order valence-electron chi connectivity index (χ0n) is 10.6. The van der Waals surface area contributed by atoms with Crippen molar-refractivity contribution in [1.82, 2.24) is 14.2 Å². The number of carbonyl (C=O) groups is 1. The number of aromatic nitrogens is 3. The Morgan fingerprint density at radius 3 is 2.90 bits per heavy atom. The van der Waals surface area contributed by atoms with Crippen molar-refractivity contribution in [3.63, 3.8) is 0 Å². The van der Waals surface area contributed by atoms with Crippen LogP contribution in [0.5, 0.6) is 0 Å². The topological polar surface area (TPSA) is 76.6 Å². The molecule has 0 aliphatic carbocycles. The van der Waals surface area contributed by atoms with Crippen molar-refractivity contribution in [2.45, 2.75) is 6.42 Å². The molecule has 3 heterocycles. The molecule has 7 heteroatoms. The van der Waals surface area contributed by atoms with E-state index in [-0.39, 0.29) is 12.0 Å². The van der Waals surface area contributed by atoms with Crippen LogP contribution in [0.2, 0.25) is 0 Å². The number of fused-ring (bicyclic) bond motifs is 1. The van der Waals surface area contributed by atoms with Crippen molar-refractivity contribution >= 4 is 23.0 Å². The first-order valence-electron chi connectivity index (χ1n) is 5.90. The minimum atomic E-state index is -0.970. The van der Waals surface area contributed by atoms with Gasteiger partial charge in [0.1, 0.15) is 11.3 Å². The van der Waals surface area contributed by atoms with E-state index in [4.69, 9.17) is 5.11 Å². The summed E-state index contributed by atoms with van der Waals surface area (Å²) in [4.78, 5) is 23.8. The van der Waals surface area contributed by atoms with E-state index in [1.54, 1.807) is 17.7 Å². The summed E-state index contributed by atoms with van der Waals surface area (Å²) in [5.41, 5.74) is 1.42. The summed E-state index contributed by atoms with van der Waals surface area (Å²) in [6.07, 6.45) is -0.193. The van der Waals surface area contributed by atoms with E-state index in [0.29, 0.717) is 17.0 Å². The zero-order chi connectivity index (χ0) is 14.3. The van der Waals surface area contributed by atoms with Gasteiger partial charge in [-0.05, 0) is 11.4 Å². The van der Waals surface area contributed by atoms with Crippen LogP contribution in [0, 0.1) is 0 Å². The SMILES string of the molecule is Cn1c(CC(=O)O)cc(=O)n2nc(-c3cccs3)cc12. The Morgan fingerprint density at radius 2 is 2.25 bits per heavy atom. The van der Waals surface area contributed by atoms with E-state index in [1.165, 1.54) is 21.9 Å². The van der Waals surface area contributed by atoms with Crippen LogP contribution in [0.3, 0.4) is 0 Å². The number of hydrogen-bond donors (Lipinski definition) is 1. The number of carboxylic acid groups (broad SMARTS) is 1. The molecule has 3 rings (SSSR count). The maximum Gasteiger partial charge on any atom is 0.309 e. The summed E-state index contributed by atoms with van der Waals surface area (Å²) in [6, 6.07) is 6.94. The summed E-state index contributed by atoms with van der Waals surface area (Å²) < 4.78 is 2.97. The Kier molecular flexibility index (Phi) is 2.90. The molecule has 1 N–H and O–H groups in total. The second-order valence-corrected chi connectivity index (χ2v) is 5.33. The average molecular weight is 289 g/mol. The maximum atomic E-state index is 12.0. The third-order valence-electron chi connectivity index (χ3n) is 3.07. The smallest absolute Gasteiger partial charge is 0.309 e. The first-order chi connectivity index (χ1) is 9.56. The number of rotatable bonds is 3. The Bertz CT molecular complexity index is 846. The summed E-state index contributed by atoms with van der Waals surface area (Å²) in [5.74, 6) is -0.970. The lowest BCUT2D eigenvalue weighted by Crippen LogP contribution is -2.21. The number of carboxylic acids is 1. The van der Waals surface area contributed by atoms with Gasteiger partial charge in [0.2, 0.25) is 0 Å². The lowest BCUT2D eigenvalue weighted by Gasteiger charge is -2.07. The van der Waals surface area contributed by atoms with Crippen LogP contribution in [0.25, 0.3) is 16.2 Å². The van der Waals surface area contributed by atoms with Gasteiger partial charge in [-0.2, -0.15) is 9.61 Å². The highest BCUT2D eigenvalue weighted by atomic mass is 32.1. The molecular formula is C13H11N3O3S. The van der Waals surface area contributed by atoms with Crippen LogP contribution < -0.4 is 5.56 Å². The van der Waals surface area contributed by atoms with Crippen molar-refractivity contribution < 1.29 is 9.90 Å². The molecule has 0 radical (unpaired) electrons. The number of hydrogen-bond acceptors (Lipinski definition) is 4. The minimum absolute atomic E-state index is 0.193. The molecule has 3 aromatic heterocycles. The van der Waals surface area contributed by atoms with Gasteiger partial charge in [-0.3, -0.25) is 9.59 Å². The monoisotopic (exact) mass is 289 g/mol. The Labute approximate surface area is 117 Å². The van der Waals surface area contributed by atoms with Gasteiger partial charge >= 0.3 is 5.97 Å². The molecule has 0 amide bonds. The van der Waals surface area contributed by atoms with E-state index in [2.05, 4.69) is 5.10 Å². The standard InChI is InChI=1S/C13H11N3O3S/c1-15-8(6-13(18)19)5-12(17)16-11(15)7-9(14-16)10-3-2-4-20-10/h2-5,7H,6H2,1H3,(H,18,19). The molecular weight excluding hydrogens is 278 g/mol. The molecule has 0 aliphatic heterocycles. The van der Waals surface area contributed by atoms with Gasteiger partial charge in [0.05, 0.1) is 11.3 Å². The van der Waals surface area contributed by atoms with Gasteiger partial charge in [0.15, 0.2) is 0 Å². The molecule has 0 unspecified atom stereocenters. The molecule has 0 aromatic carbocycles. The van der Waals surface area contributed by atoms with Crippen molar-refractivity contribution in [3.8, 4) is 10.6 Å². The van der Waals surface area contributed by atoms with Gasteiger partial charge < -0.3 is 9.67 Å². The third kappa shape index (κ3) is 2.01.